The van der Waals surface area contributed by atoms with E-state index < -0.39 is 0 Å². The Bertz CT molecular complexity index is 239. The molecule has 5 heteroatoms. The summed E-state index contributed by atoms with van der Waals surface area (Å²) < 4.78 is 4.55. The molecule has 80 valence electrons. The highest BCUT2D eigenvalue weighted by molar-refractivity contribution is 5.37. The van der Waals surface area contributed by atoms with Crippen molar-refractivity contribution in [3.05, 3.63) is 18.2 Å². The van der Waals surface area contributed by atoms with E-state index in [0.717, 1.165) is 5.69 Å². The zero-order valence-electron chi connectivity index (χ0n) is 8.78. The summed E-state index contributed by atoms with van der Waals surface area (Å²) >= 11 is 0. The molecule has 0 aromatic carbocycles. The van der Waals surface area contributed by atoms with Crippen LogP contribution in [0.15, 0.2) is 12.5 Å². The number of aromatic nitrogens is 2. The predicted octanol–water partition coefficient (Wildman–Crippen LogP) is 0.826. The smallest absolute Gasteiger partial charge is 0.293 e. The number of carbonyl (C=O) groups is 1. The van der Waals surface area contributed by atoms with Crippen LogP contribution in [0.2, 0.25) is 0 Å². The van der Waals surface area contributed by atoms with Crippen molar-refractivity contribution < 1.29 is 9.53 Å². The largest absolute Gasteiger partial charge is 0.462 e. The molecule has 0 aliphatic carbocycles. The van der Waals surface area contributed by atoms with E-state index >= 15 is 0 Å². The maximum absolute atomic E-state index is 9.60. The average Bonchev–Trinajstić information content (AvgIpc) is 2.54. The quantitative estimate of drug-likeness (QED) is 0.691. The van der Waals surface area contributed by atoms with Gasteiger partial charge in [-0.2, -0.15) is 0 Å². The number of carbonyl (C=O) groups excluding carboxylic acids is 1. The number of nitrogens with zero attached hydrogens (tertiary/aromatic N) is 1. The number of nitrogens with one attached hydrogen (secondary N) is 1. The van der Waals surface area contributed by atoms with Gasteiger partial charge in [-0.15, -0.1) is 0 Å². The highest BCUT2D eigenvalue weighted by Gasteiger charge is 2.07. The minimum absolute atomic E-state index is 0.318. The van der Waals surface area contributed by atoms with Crippen LogP contribution >= 0.6 is 0 Å². The van der Waals surface area contributed by atoms with Crippen molar-refractivity contribution in [2.75, 3.05) is 0 Å². The molecule has 0 fully saturated rings. The second-order valence-corrected chi connectivity index (χ2v) is 3.61. The zero-order valence-corrected chi connectivity index (χ0v) is 8.78. The van der Waals surface area contributed by atoms with Crippen LogP contribution < -0.4 is 5.73 Å². The maximum atomic E-state index is 9.60. The van der Waals surface area contributed by atoms with Crippen LogP contribution in [-0.4, -0.2) is 22.0 Å². The van der Waals surface area contributed by atoms with Crippen LogP contribution in [0, 0.1) is 0 Å². The Hall–Kier alpha value is -1.36. The normalized spacial score (nSPS) is 10.0. The summed E-state index contributed by atoms with van der Waals surface area (Å²) in [6.45, 7) is 6.46. The van der Waals surface area contributed by atoms with Gasteiger partial charge in [0.15, 0.2) is 0 Å². The first-order chi connectivity index (χ1) is 6.49. The number of aromatic amines is 1. The van der Waals surface area contributed by atoms with E-state index in [1.807, 2.05) is 20.8 Å². The summed E-state index contributed by atoms with van der Waals surface area (Å²) in [6, 6.07) is 0. The Morgan fingerprint density at radius 2 is 2.29 bits per heavy atom. The molecule has 0 unspecified atom stereocenters. The van der Waals surface area contributed by atoms with Gasteiger partial charge in [0.05, 0.1) is 6.33 Å². The Morgan fingerprint density at radius 3 is 2.43 bits per heavy atom. The van der Waals surface area contributed by atoms with Gasteiger partial charge in [0.1, 0.15) is 5.60 Å². The van der Waals surface area contributed by atoms with Crippen LogP contribution in [0.5, 0.6) is 0 Å². The van der Waals surface area contributed by atoms with Gasteiger partial charge < -0.3 is 15.5 Å². The lowest BCUT2D eigenvalue weighted by molar-refractivity contribution is -0.138. The maximum Gasteiger partial charge on any atom is 0.293 e. The van der Waals surface area contributed by atoms with Gasteiger partial charge in [-0.1, -0.05) is 0 Å². The van der Waals surface area contributed by atoms with E-state index in [4.69, 9.17) is 5.73 Å². The molecule has 14 heavy (non-hydrogen) atoms. The van der Waals surface area contributed by atoms with E-state index in [9.17, 15) is 4.79 Å². The summed E-state index contributed by atoms with van der Waals surface area (Å²) in [6.07, 6.45) is 3.32. The molecule has 0 aliphatic heterocycles. The summed E-state index contributed by atoms with van der Waals surface area (Å²) in [5, 5.41) is 0. The highest BCUT2D eigenvalue weighted by atomic mass is 16.5. The average molecular weight is 199 g/mol. The lowest BCUT2D eigenvalue weighted by Gasteiger charge is -2.14. The monoisotopic (exact) mass is 199 g/mol. The third-order valence-corrected chi connectivity index (χ3v) is 1.18. The van der Waals surface area contributed by atoms with Gasteiger partial charge in [-0.05, 0) is 20.8 Å². The summed E-state index contributed by atoms with van der Waals surface area (Å²) in [7, 11) is 0. The van der Waals surface area contributed by atoms with Crippen molar-refractivity contribution in [3.8, 4) is 0 Å². The summed E-state index contributed by atoms with van der Waals surface area (Å²) in [5.41, 5.74) is 5.88. The molecule has 0 spiro atoms. The fraction of sp³-hybridized carbons (Fsp3) is 0.556. The lowest BCUT2D eigenvalue weighted by atomic mass is 10.2. The fourth-order valence-corrected chi connectivity index (χ4v) is 0.541. The van der Waals surface area contributed by atoms with Crippen molar-refractivity contribution in [2.24, 2.45) is 5.73 Å². The molecule has 0 saturated heterocycles. The highest BCUT2D eigenvalue weighted by Crippen LogP contribution is 2.02. The molecule has 1 rings (SSSR count). The molecule has 0 atom stereocenters. The molecular weight excluding hydrogens is 182 g/mol. The molecule has 0 bridgehead atoms. The summed E-state index contributed by atoms with van der Waals surface area (Å²) in [5.74, 6) is 0. The first-order valence-electron chi connectivity index (χ1n) is 4.28. The van der Waals surface area contributed by atoms with E-state index in [1.54, 1.807) is 12.5 Å². The molecule has 0 radical (unpaired) electrons. The van der Waals surface area contributed by atoms with Crippen molar-refractivity contribution in [3.63, 3.8) is 0 Å². The van der Waals surface area contributed by atoms with Crippen molar-refractivity contribution in [1.82, 2.24) is 9.97 Å². The molecule has 1 heterocycles. The molecular formula is C9H17N3O2. The van der Waals surface area contributed by atoms with Crippen LogP contribution in [-0.2, 0) is 16.1 Å². The summed E-state index contributed by atoms with van der Waals surface area (Å²) in [4.78, 5) is 16.2. The van der Waals surface area contributed by atoms with Gasteiger partial charge in [-0.3, -0.25) is 4.79 Å². The number of nitrogens with two attached hydrogens (primary N) is 1. The topological polar surface area (TPSA) is 81.0 Å². The van der Waals surface area contributed by atoms with E-state index in [1.165, 1.54) is 0 Å². The molecule has 0 amide bonds. The predicted molar refractivity (Wildman–Crippen MR) is 53.4 cm³/mol. The van der Waals surface area contributed by atoms with Crippen LogP contribution in [0.1, 0.15) is 26.5 Å². The van der Waals surface area contributed by atoms with E-state index in [2.05, 4.69) is 14.7 Å². The van der Waals surface area contributed by atoms with Gasteiger partial charge in [-0.25, -0.2) is 4.98 Å². The van der Waals surface area contributed by atoms with Crippen LogP contribution in [0.4, 0.5) is 0 Å². The minimum Gasteiger partial charge on any atom is -0.462 e. The number of hydrogen-bond donors (Lipinski definition) is 2. The van der Waals surface area contributed by atoms with Gasteiger partial charge >= 0.3 is 0 Å². The Kier molecular flexibility index (Phi) is 5.55. The molecule has 0 saturated carbocycles. The first kappa shape index (κ1) is 12.6. The first-order valence-corrected chi connectivity index (χ1v) is 4.28. The molecule has 0 aliphatic rings. The molecule has 5 nitrogen and oxygen atoms in total. The molecule has 1 aromatic rings. The van der Waals surface area contributed by atoms with Crippen LogP contribution in [0.3, 0.4) is 0 Å². The number of ether oxygens (including phenoxy) is 1. The fourth-order valence-electron chi connectivity index (χ4n) is 0.541. The Balaban J connectivity index is 0.000000241. The van der Waals surface area contributed by atoms with Crippen molar-refractivity contribution in [2.45, 2.75) is 32.9 Å². The number of H-pyrrole nitrogens is 1. The van der Waals surface area contributed by atoms with Gasteiger partial charge in [0, 0.05) is 18.4 Å². The molecule has 1 aromatic heterocycles. The Morgan fingerprint density at radius 1 is 1.64 bits per heavy atom. The van der Waals surface area contributed by atoms with Gasteiger partial charge in [0.2, 0.25) is 0 Å². The lowest BCUT2D eigenvalue weighted by Crippen LogP contribution is -2.17. The SMILES string of the molecule is CC(C)(C)OC=O.NCc1cnc[nH]1. The number of rotatable bonds is 2. The van der Waals surface area contributed by atoms with Gasteiger partial charge in [0.25, 0.3) is 6.47 Å². The Labute approximate surface area is 83.7 Å². The van der Waals surface area contributed by atoms with E-state index in [0.29, 0.717) is 13.0 Å². The number of imidazole rings is 1. The van der Waals surface area contributed by atoms with E-state index in [-0.39, 0.29) is 5.60 Å². The third-order valence-electron chi connectivity index (χ3n) is 1.18. The number of hydrogen-bond acceptors (Lipinski definition) is 4. The van der Waals surface area contributed by atoms with Crippen LogP contribution in [0.25, 0.3) is 0 Å². The zero-order chi connectivity index (χ0) is 11.0. The third kappa shape index (κ3) is 7.30. The standard InChI is InChI=1S/C5H10O2.C4H7N3/c1-5(2,3)7-4-6;5-1-4-2-6-3-7-4/h4H,1-3H3;2-3H,1,5H2,(H,6,7). The minimum atomic E-state index is -0.318. The second-order valence-electron chi connectivity index (χ2n) is 3.61. The van der Waals surface area contributed by atoms with Crippen molar-refractivity contribution in [1.29, 1.82) is 0 Å². The molecule has 3 N–H and O–H groups in total. The second kappa shape index (κ2) is 6.15. The van der Waals surface area contributed by atoms with Crippen molar-refractivity contribution >= 4 is 6.47 Å².